The summed E-state index contributed by atoms with van der Waals surface area (Å²) in [4.78, 5) is 12.3. The van der Waals surface area contributed by atoms with Gasteiger partial charge in [0.1, 0.15) is 6.61 Å². The van der Waals surface area contributed by atoms with E-state index < -0.39 is 0 Å². The number of hydrogen-bond donors (Lipinski definition) is 1. The SMILES string of the molecule is C=CCc1cc(/C=N\NC(=O)c2ccc(Cl)cc2)cc(OCC)c1OCc1ccc(Cl)c(Cl)c1. The summed E-state index contributed by atoms with van der Waals surface area (Å²) in [5.41, 5.74) is 5.44. The minimum atomic E-state index is -0.342. The fourth-order valence-corrected chi connectivity index (χ4v) is 3.55. The Balaban J connectivity index is 1.80. The molecular weight excluding hydrogens is 495 g/mol. The minimum Gasteiger partial charge on any atom is -0.490 e. The molecule has 0 aliphatic heterocycles. The second kappa shape index (κ2) is 12.5. The van der Waals surface area contributed by atoms with E-state index in [2.05, 4.69) is 17.1 Å². The molecule has 0 fully saturated rings. The van der Waals surface area contributed by atoms with E-state index in [1.165, 1.54) is 0 Å². The van der Waals surface area contributed by atoms with Gasteiger partial charge in [-0.15, -0.1) is 6.58 Å². The highest BCUT2D eigenvalue weighted by molar-refractivity contribution is 6.42. The monoisotopic (exact) mass is 516 g/mol. The van der Waals surface area contributed by atoms with Crippen LogP contribution in [0.25, 0.3) is 0 Å². The van der Waals surface area contributed by atoms with Gasteiger partial charge in [-0.1, -0.05) is 46.9 Å². The third-order valence-corrected chi connectivity index (χ3v) is 5.66. The fraction of sp³-hybridized carbons (Fsp3) is 0.154. The summed E-state index contributed by atoms with van der Waals surface area (Å²) in [5.74, 6) is 0.827. The van der Waals surface area contributed by atoms with Gasteiger partial charge in [0.2, 0.25) is 0 Å². The van der Waals surface area contributed by atoms with Gasteiger partial charge in [0.15, 0.2) is 11.5 Å². The van der Waals surface area contributed by atoms with Gasteiger partial charge in [0, 0.05) is 16.1 Å². The van der Waals surface area contributed by atoms with Crippen molar-refractivity contribution in [2.75, 3.05) is 6.61 Å². The van der Waals surface area contributed by atoms with Crippen LogP contribution in [0.2, 0.25) is 15.1 Å². The molecule has 1 N–H and O–H groups in total. The summed E-state index contributed by atoms with van der Waals surface area (Å²) >= 11 is 18.0. The third-order valence-electron chi connectivity index (χ3n) is 4.67. The van der Waals surface area contributed by atoms with Gasteiger partial charge < -0.3 is 9.47 Å². The van der Waals surface area contributed by atoms with Crippen molar-refractivity contribution < 1.29 is 14.3 Å². The number of hydrazone groups is 1. The first-order chi connectivity index (χ1) is 16.4. The van der Waals surface area contributed by atoms with Crippen LogP contribution in [0, 0.1) is 0 Å². The highest BCUT2D eigenvalue weighted by Gasteiger charge is 2.14. The first kappa shape index (κ1) is 25.6. The highest BCUT2D eigenvalue weighted by Crippen LogP contribution is 2.34. The van der Waals surface area contributed by atoms with E-state index in [0.29, 0.717) is 45.2 Å². The molecule has 5 nitrogen and oxygen atoms in total. The molecule has 0 bridgehead atoms. The maximum atomic E-state index is 12.3. The first-order valence-electron chi connectivity index (χ1n) is 10.5. The Morgan fingerprint density at radius 1 is 1.03 bits per heavy atom. The molecule has 3 aromatic carbocycles. The molecule has 1 amide bonds. The Labute approximate surface area is 213 Å². The number of hydrogen-bond acceptors (Lipinski definition) is 4. The number of benzene rings is 3. The number of carbonyl (C=O) groups excluding carboxylic acids is 1. The van der Waals surface area contributed by atoms with Crippen molar-refractivity contribution >= 4 is 46.9 Å². The Kier molecular flexibility index (Phi) is 9.40. The van der Waals surface area contributed by atoms with Crippen LogP contribution in [0.15, 0.2) is 72.4 Å². The number of nitrogens with zero attached hydrogens (tertiary/aromatic N) is 1. The number of halogens is 3. The molecule has 0 atom stereocenters. The summed E-state index contributed by atoms with van der Waals surface area (Å²) in [6.07, 6.45) is 3.88. The topological polar surface area (TPSA) is 59.9 Å². The van der Waals surface area contributed by atoms with Crippen LogP contribution >= 0.6 is 34.8 Å². The van der Waals surface area contributed by atoms with Crippen molar-refractivity contribution in [1.29, 1.82) is 0 Å². The largest absolute Gasteiger partial charge is 0.490 e. The highest BCUT2D eigenvalue weighted by atomic mass is 35.5. The van der Waals surface area contributed by atoms with E-state index in [1.54, 1.807) is 54.8 Å². The summed E-state index contributed by atoms with van der Waals surface area (Å²) in [5, 5.41) is 5.58. The van der Waals surface area contributed by atoms with E-state index in [-0.39, 0.29) is 12.5 Å². The standard InChI is InChI=1S/C26H23Cl3N2O3/c1-3-5-20-12-18(15-30-31-26(32)19-7-9-21(27)10-8-19)14-24(33-4-2)25(20)34-16-17-6-11-22(28)23(29)13-17/h3,6-15H,1,4-5,16H2,2H3,(H,31,32)/b30-15-. The van der Waals surface area contributed by atoms with Crippen molar-refractivity contribution in [1.82, 2.24) is 5.43 Å². The van der Waals surface area contributed by atoms with Crippen LogP contribution in [0.5, 0.6) is 11.5 Å². The number of rotatable bonds is 10. The number of amides is 1. The van der Waals surface area contributed by atoms with Crippen molar-refractivity contribution in [3.63, 3.8) is 0 Å². The quantitative estimate of drug-likeness (QED) is 0.177. The zero-order valence-electron chi connectivity index (χ0n) is 18.5. The molecule has 3 rings (SSSR count). The van der Waals surface area contributed by atoms with E-state index in [9.17, 15) is 4.79 Å². The number of nitrogens with one attached hydrogen (secondary N) is 1. The fourth-order valence-electron chi connectivity index (χ4n) is 3.11. The second-order valence-electron chi connectivity index (χ2n) is 7.18. The Morgan fingerprint density at radius 3 is 2.47 bits per heavy atom. The summed E-state index contributed by atoms with van der Waals surface area (Å²) in [6, 6.07) is 15.6. The molecule has 3 aromatic rings. The van der Waals surface area contributed by atoms with Crippen LogP contribution in [0.4, 0.5) is 0 Å². The number of allylic oxidation sites excluding steroid dienone is 1. The molecule has 34 heavy (non-hydrogen) atoms. The van der Waals surface area contributed by atoms with Gasteiger partial charge in [0.05, 0.1) is 22.9 Å². The van der Waals surface area contributed by atoms with E-state index >= 15 is 0 Å². The normalized spacial score (nSPS) is 10.8. The summed E-state index contributed by atoms with van der Waals surface area (Å²) < 4.78 is 12.0. The average molecular weight is 518 g/mol. The van der Waals surface area contributed by atoms with E-state index in [4.69, 9.17) is 44.3 Å². The third kappa shape index (κ3) is 7.00. The van der Waals surface area contributed by atoms with Crippen molar-refractivity contribution in [2.24, 2.45) is 5.10 Å². The predicted molar refractivity (Wildman–Crippen MR) is 139 cm³/mol. The maximum Gasteiger partial charge on any atom is 0.271 e. The smallest absolute Gasteiger partial charge is 0.271 e. The number of ether oxygens (including phenoxy) is 2. The average Bonchev–Trinajstić information content (AvgIpc) is 2.81. The van der Waals surface area contributed by atoms with Crippen molar-refractivity contribution in [3.8, 4) is 11.5 Å². The molecule has 0 aliphatic carbocycles. The first-order valence-corrected chi connectivity index (χ1v) is 11.6. The van der Waals surface area contributed by atoms with Crippen molar-refractivity contribution in [2.45, 2.75) is 20.0 Å². The van der Waals surface area contributed by atoms with Gasteiger partial charge in [-0.05, 0) is 73.0 Å². The number of carbonyl (C=O) groups is 1. The van der Waals surface area contributed by atoms with E-state index in [0.717, 1.165) is 16.7 Å². The predicted octanol–water partition coefficient (Wildman–Crippen LogP) is 7.12. The lowest BCUT2D eigenvalue weighted by atomic mass is 10.1. The zero-order valence-corrected chi connectivity index (χ0v) is 20.8. The Hall–Kier alpha value is -2.99. The van der Waals surface area contributed by atoms with Gasteiger partial charge >= 0.3 is 0 Å². The molecule has 176 valence electrons. The molecule has 0 aliphatic rings. The molecule has 8 heteroatoms. The lowest BCUT2D eigenvalue weighted by molar-refractivity contribution is 0.0955. The lowest BCUT2D eigenvalue weighted by Gasteiger charge is -2.17. The summed E-state index contributed by atoms with van der Waals surface area (Å²) in [7, 11) is 0. The van der Waals surface area contributed by atoms with Crippen LogP contribution < -0.4 is 14.9 Å². The zero-order chi connectivity index (χ0) is 24.5. The van der Waals surface area contributed by atoms with Crippen LogP contribution in [-0.4, -0.2) is 18.7 Å². The maximum absolute atomic E-state index is 12.3. The lowest BCUT2D eigenvalue weighted by Crippen LogP contribution is -2.17. The molecule has 0 unspecified atom stereocenters. The van der Waals surface area contributed by atoms with E-state index in [1.807, 2.05) is 19.1 Å². The van der Waals surface area contributed by atoms with Gasteiger partial charge in [-0.25, -0.2) is 5.43 Å². The van der Waals surface area contributed by atoms with Crippen LogP contribution in [0.3, 0.4) is 0 Å². The molecule has 0 aromatic heterocycles. The molecule has 0 radical (unpaired) electrons. The minimum absolute atomic E-state index is 0.283. The second-order valence-corrected chi connectivity index (χ2v) is 8.43. The molecule has 0 saturated heterocycles. The molecule has 0 spiro atoms. The molecule has 0 saturated carbocycles. The Bertz CT molecular complexity index is 1190. The van der Waals surface area contributed by atoms with Gasteiger partial charge in [0.25, 0.3) is 5.91 Å². The van der Waals surface area contributed by atoms with Crippen LogP contribution in [-0.2, 0) is 13.0 Å². The summed E-state index contributed by atoms with van der Waals surface area (Å²) in [6.45, 7) is 6.46. The van der Waals surface area contributed by atoms with Crippen LogP contribution in [0.1, 0.15) is 34.0 Å². The molecule has 0 heterocycles. The Morgan fingerprint density at radius 2 is 1.79 bits per heavy atom. The molecular formula is C26H23Cl3N2O3. The van der Waals surface area contributed by atoms with Crippen molar-refractivity contribution in [3.05, 3.63) is 105 Å². The van der Waals surface area contributed by atoms with Gasteiger partial charge in [-0.2, -0.15) is 5.10 Å². The van der Waals surface area contributed by atoms with Gasteiger partial charge in [-0.3, -0.25) is 4.79 Å².